The third-order valence-electron chi connectivity index (χ3n) is 7.92. The minimum atomic E-state index is -0.338. The molecule has 0 bridgehead atoms. The summed E-state index contributed by atoms with van der Waals surface area (Å²) in [6, 6.07) is 12.5. The van der Waals surface area contributed by atoms with Gasteiger partial charge in [0.1, 0.15) is 5.75 Å². The molecule has 4 heterocycles. The molecule has 8 nitrogen and oxygen atoms in total. The number of rotatable bonds is 3. The fourth-order valence-corrected chi connectivity index (χ4v) is 6.29. The molecule has 8 heteroatoms. The van der Waals surface area contributed by atoms with Gasteiger partial charge >= 0.3 is 0 Å². The second kappa shape index (κ2) is 7.48. The molecule has 2 amide bonds. The van der Waals surface area contributed by atoms with Gasteiger partial charge in [-0.1, -0.05) is 19.1 Å². The quantitative estimate of drug-likeness (QED) is 0.385. The number of methoxy groups -OCH3 is 1. The monoisotopic (exact) mass is 481 g/mol. The Bertz CT molecular complexity index is 1760. The number of amides is 2. The number of piperazine rings is 1. The van der Waals surface area contributed by atoms with E-state index in [0.717, 1.165) is 75.3 Å². The topological polar surface area (TPSA) is 80.5 Å². The highest BCUT2D eigenvalue weighted by atomic mass is 16.5. The van der Waals surface area contributed by atoms with Crippen molar-refractivity contribution >= 4 is 55.3 Å². The lowest BCUT2D eigenvalue weighted by Gasteiger charge is -2.39. The maximum atomic E-state index is 13.4. The number of imide groups is 1. The predicted octanol–water partition coefficient (Wildman–Crippen LogP) is 3.65. The minimum absolute atomic E-state index is 0.279. The number of hydrogen-bond acceptors (Lipinski definition) is 5. The highest BCUT2D eigenvalue weighted by molar-refractivity contribution is 6.39. The number of fused-ring (bicyclic) bond motifs is 10. The fraction of sp³-hybridized carbons (Fsp3) is 0.286. The van der Waals surface area contributed by atoms with Crippen molar-refractivity contribution in [1.29, 1.82) is 0 Å². The Labute approximate surface area is 207 Å². The molecule has 182 valence electrons. The van der Waals surface area contributed by atoms with Crippen LogP contribution in [-0.4, -0.2) is 53.8 Å². The lowest BCUT2D eigenvalue weighted by atomic mass is 9.93. The van der Waals surface area contributed by atoms with Gasteiger partial charge in [0.25, 0.3) is 11.8 Å². The average molecular weight is 482 g/mol. The van der Waals surface area contributed by atoms with Crippen molar-refractivity contribution in [2.45, 2.75) is 19.4 Å². The number of nitrogens with one attached hydrogen (secondary N) is 2. The normalized spacial score (nSPS) is 18.1. The summed E-state index contributed by atoms with van der Waals surface area (Å²) in [7, 11) is 3.65. The summed E-state index contributed by atoms with van der Waals surface area (Å²) in [6.07, 6.45) is 2.97. The number of benzene rings is 3. The van der Waals surface area contributed by atoms with E-state index in [-0.39, 0.29) is 17.9 Å². The fourth-order valence-electron chi connectivity index (χ4n) is 6.29. The summed E-state index contributed by atoms with van der Waals surface area (Å²) >= 11 is 0. The molecule has 36 heavy (non-hydrogen) atoms. The molecule has 5 aromatic rings. The van der Waals surface area contributed by atoms with Gasteiger partial charge in [0.2, 0.25) is 0 Å². The lowest BCUT2D eigenvalue weighted by Crippen LogP contribution is -2.56. The van der Waals surface area contributed by atoms with E-state index >= 15 is 0 Å². The van der Waals surface area contributed by atoms with Gasteiger partial charge < -0.3 is 19.6 Å². The van der Waals surface area contributed by atoms with Crippen molar-refractivity contribution in [3.8, 4) is 5.75 Å². The number of carbonyl (C=O) groups excluding carboxylic acids is 2. The number of hydrogen-bond donors (Lipinski definition) is 2. The van der Waals surface area contributed by atoms with Crippen molar-refractivity contribution < 1.29 is 14.3 Å². The van der Waals surface area contributed by atoms with Gasteiger partial charge in [0, 0.05) is 65.9 Å². The van der Waals surface area contributed by atoms with Crippen LogP contribution in [0.5, 0.6) is 5.75 Å². The molecule has 7 rings (SSSR count). The first-order valence-electron chi connectivity index (χ1n) is 12.4. The Kier molecular flexibility index (Phi) is 4.42. The second-order valence-electron chi connectivity index (χ2n) is 9.73. The van der Waals surface area contributed by atoms with Gasteiger partial charge in [-0.2, -0.15) is 0 Å². The third-order valence-corrected chi connectivity index (χ3v) is 7.92. The molecular weight excluding hydrogens is 454 g/mol. The van der Waals surface area contributed by atoms with Gasteiger partial charge in [0.15, 0.2) is 0 Å². The number of aryl methyl sites for hydroxylation is 1. The van der Waals surface area contributed by atoms with Crippen molar-refractivity contribution in [3.05, 3.63) is 53.7 Å². The zero-order valence-electron chi connectivity index (χ0n) is 20.5. The van der Waals surface area contributed by atoms with E-state index in [4.69, 9.17) is 4.74 Å². The average Bonchev–Trinajstić information content (AvgIpc) is 3.54. The summed E-state index contributed by atoms with van der Waals surface area (Å²) in [5.74, 6) is 0.0787. The van der Waals surface area contributed by atoms with Crippen LogP contribution in [0.25, 0.3) is 43.5 Å². The summed E-state index contributed by atoms with van der Waals surface area (Å²) in [5.41, 5.74) is 3.82. The van der Waals surface area contributed by atoms with E-state index in [1.165, 1.54) is 0 Å². The molecule has 1 unspecified atom stereocenters. The van der Waals surface area contributed by atoms with E-state index in [2.05, 4.69) is 39.4 Å². The summed E-state index contributed by atoms with van der Waals surface area (Å²) in [4.78, 5) is 26.6. The Hall–Kier alpha value is -4.04. The molecule has 2 aliphatic rings. The van der Waals surface area contributed by atoms with Crippen LogP contribution in [0.4, 0.5) is 0 Å². The van der Waals surface area contributed by atoms with Crippen LogP contribution in [0.1, 0.15) is 34.1 Å². The molecule has 1 atom stereocenters. The zero-order chi connectivity index (χ0) is 24.7. The number of nitrogens with zero attached hydrogens (tertiary/aromatic N) is 3. The van der Waals surface area contributed by atoms with E-state index in [1.54, 1.807) is 7.11 Å². The highest BCUT2D eigenvalue weighted by Gasteiger charge is 2.36. The summed E-state index contributed by atoms with van der Waals surface area (Å²) in [6.45, 7) is 4.77. The van der Waals surface area contributed by atoms with Crippen molar-refractivity contribution in [2.75, 3.05) is 31.8 Å². The molecule has 0 radical (unpaired) electrons. The third kappa shape index (κ3) is 2.62. The molecule has 2 N–H and O–H groups in total. The molecule has 0 spiro atoms. The Morgan fingerprint density at radius 3 is 2.50 bits per heavy atom. The first-order chi connectivity index (χ1) is 17.5. The van der Waals surface area contributed by atoms with E-state index in [9.17, 15) is 9.59 Å². The number of carbonyl (C=O) groups is 2. The predicted molar refractivity (Wildman–Crippen MR) is 142 cm³/mol. The standard InChI is InChI=1S/C28H27N5O3/c1-4-16-14-29-10-12-32(16)33-20-13-17(36-3)6-8-18(20)21-23-24(28(35)30-27(23)34)22-19(26(21)33)7-5-15-9-11-31(2)25(15)22/h5-9,11,13,16,29H,4,10,12,14H2,1-3H3,(H,30,34,35). The summed E-state index contributed by atoms with van der Waals surface area (Å²) < 4.78 is 9.94. The van der Waals surface area contributed by atoms with Crippen molar-refractivity contribution in [1.82, 2.24) is 19.9 Å². The second-order valence-corrected chi connectivity index (χ2v) is 9.73. The molecule has 1 saturated heterocycles. The van der Waals surface area contributed by atoms with Crippen molar-refractivity contribution in [2.24, 2.45) is 7.05 Å². The molecule has 1 fully saturated rings. The Morgan fingerprint density at radius 2 is 1.75 bits per heavy atom. The highest BCUT2D eigenvalue weighted by Crippen LogP contribution is 2.44. The van der Waals surface area contributed by atoms with Crippen LogP contribution in [-0.2, 0) is 7.05 Å². The summed E-state index contributed by atoms with van der Waals surface area (Å²) in [5, 5.41) is 13.1. The van der Waals surface area contributed by atoms with E-state index < -0.39 is 0 Å². The van der Waals surface area contributed by atoms with Crippen LogP contribution >= 0.6 is 0 Å². The molecule has 2 aromatic heterocycles. The van der Waals surface area contributed by atoms with Crippen LogP contribution in [0.2, 0.25) is 0 Å². The Morgan fingerprint density at radius 1 is 1.00 bits per heavy atom. The lowest BCUT2D eigenvalue weighted by molar-refractivity contribution is 0.0880. The van der Waals surface area contributed by atoms with Crippen LogP contribution in [0.15, 0.2) is 42.6 Å². The van der Waals surface area contributed by atoms with Crippen LogP contribution < -0.4 is 20.4 Å². The molecule has 0 saturated carbocycles. The minimum Gasteiger partial charge on any atom is -0.497 e. The first kappa shape index (κ1) is 21.3. The van der Waals surface area contributed by atoms with Gasteiger partial charge in [0.05, 0.1) is 40.8 Å². The van der Waals surface area contributed by atoms with E-state index in [0.29, 0.717) is 11.1 Å². The zero-order valence-corrected chi connectivity index (χ0v) is 20.5. The van der Waals surface area contributed by atoms with Gasteiger partial charge in [-0.05, 0) is 24.6 Å². The number of ether oxygens (including phenoxy) is 1. The molecular formula is C28H27N5O3. The van der Waals surface area contributed by atoms with Crippen LogP contribution in [0.3, 0.4) is 0 Å². The van der Waals surface area contributed by atoms with Crippen LogP contribution in [0, 0.1) is 0 Å². The largest absolute Gasteiger partial charge is 0.497 e. The molecule has 0 aliphatic carbocycles. The maximum Gasteiger partial charge on any atom is 0.259 e. The van der Waals surface area contributed by atoms with Gasteiger partial charge in [-0.15, -0.1) is 0 Å². The van der Waals surface area contributed by atoms with Crippen molar-refractivity contribution in [3.63, 3.8) is 0 Å². The smallest absolute Gasteiger partial charge is 0.259 e. The van der Waals surface area contributed by atoms with Gasteiger partial charge in [-0.3, -0.25) is 19.6 Å². The maximum absolute atomic E-state index is 13.4. The first-order valence-corrected chi connectivity index (χ1v) is 12.4. The molecule has 3 aromatic carbocycles. The SMILES string of the molecule is CCC1CNCCN1n1c2cc(OC)ccc2c2c3c(c4c(ccc5ccn(C)c54)c21)C(=O)NC3=O. The molecule has 2 aliphatic heterocycles. The Balaban J connectivity index is 1.77. The van der Waals surface area contributed by atoms with E-state index in [1.807, 2.05) is 42.1 Å². The number of aromatic nitrogens is 2. The van der Waals surface area contributed by atoms with Gasteiger partial charge in [-0.25, -0.2) is 0 Å².